The van der Waals surface area contributed by atoms with E-state index < -0.39 is 23.9 Å². The van der Waals surface area contributed by atoms with Crippen molar-refractivity contribution in [3.05, 3.63) is 63.6 Å². The number of amides is 3. The summed E-state index contributed by atoms with van der Waals surface area (Å²) in [6.45, 7) is 1.26. The van der Waals surface area contributed by atoms with Crippen LogP contribution in [-0.4, -0.2) is 50.7 Å². The highest BCUT2D eigenvalue weighted by Gasteiger charge is 2.32. The summed E-state index contributed by atoms with van der Waals surface area (Å²) in [4.78, 5) is 37.9. The fraction of sp³-hybridized carbons (Fsp3) is 0.286. The van der Waals surface area contributed by atoms with Crippen molar-refractivity contribution in [3.8, 4) is 0 Å². The van der Waals surface area contributed by atoms with E-state index in [0.29, 0.717) is 11.6 Å². The zero-order valence-corrected chi connectivity index (χ0v) is 18.2. The molecule has 1 aliphatic rings. The molecule has 0 radical (unpaired) electrons. The van der Waals surface area contributed by atoms with Crippen LogP contribution in [0.2, 0.25) is 10.0 Å². The number of urea groups is 1. The van der Waals surface area contributed by atoms with Crippen molar-refractivity contribution in [2.45, 2.75) is 12.0 Å². The third kappa shape index (κ3) is 5.21. The van der Waals surface area contributed by atoms with Crippen LogP contribution in [-0.2, 0) is 9.53 Å². The number of carbonyl (C=O) groups is 3. The van der Waals surface area contributed by atoms with E-state index in [1.165, 1.54) is 12.7 Å². The summed E-state index contributed by atoms with van der Waals surface area (Å²) in [7, 11) is 1.17. The molecule has 3 rings (SSSR count). The molecule has 0 unspecified atom stereocenters. The van der Waals surface area contributed by atoms with E-state index in [1.54, 1.807) is 12.1 Å². The number of hydrogen-bond donors (Lipinski definition) is 3. The first-order valence-corrected chi connectivity index (χ1v) is 10.3. The molecule has 0 spiro atoms. The molecule has 0 saturated carbocycles. The van der Waals surface area contributed by atoms with Crippen molar-refractivity contribution in [1.82, 2.24) is 10.6 Å². The summed E-state index contributed by atoms with van der Waals surface area (Å²) in [6.07, 6.45) is 0. The van der Waals surface area contributed by atoms with Gasteiger partial charge in [-0.15, -0.1) is 0 Å². The number of primary amides is 1. The minimum absolute atomic E-state index is 0.0389. The first kappa shape index (κ1) is 22.7. The van der Waals surface area contributed by atoms with E-state index in [1.807, 2.05) is 18.2 Å². The fourth-order valence-corrected chi connectivity index (χ4v) is 4.04. The highest BCUT2D eigenvalue weighted by atomic mass is 35.5. The lowest BCUT2D eigenvalue weighted by Crippen LogP contribution is -2.50. The van der Waals surface area contributed by atoms with Crippen LogP contribution in [0.5, 0.6) is 0 Å². The Morgan fingerprint density at radius 2 is 1.84 bits per heavy atom. The average molecular weight is 465 g/mol. The predicted octanol–water partition coefficient (Wildman–Crippen LogP) is 2.54. The maximum Gasteiger partial charge on any atom is 0.330 e. The molecule has 1 saturated heterocycles. The third-order valence-electron chi connectivity index (χ3n) is 5.06. The Kier molecular flexibility index (Phi) is 7.25. The number of nitrogens with zero attached hydrogens (tertiary/aromatic N) is 1. The van der Waals surface area contributed by atoms with Crippen LogP contribution in [0.15, 0.2) is 42.5 Å². The van der Waals surface area contributed by atoms with Gasteiger partial charge in [0.25, 0.3) is 5.91 Å². The van der Waals surface area contributed by atoms with Crippen molar-refractivity contribution >= 4 is 46.8 Å². The second-order valence-corrected chi connectivity index (χ2v) is 7.85. The highest BCUT2D eigenvalue weighted by Crippen LogP contribution is 2.39. The monoisotopic (exact) mass is 464 g/mol. The first-order valence-electron chi connectivity index (χ1n) is 9.51. The summed E-state index contributed by atoms with van der Waals surface area (Å²) in [5.41, 5.74) is 6.99. The van der Waals surface area contributed by atoms with E-state index in [0.717, 1.165) is 13.1 Å². The van der Waals surface area contributed by atoms with E-state index in [2.05, 4.69) is 32.4 Å². The van der Waals surface area contributed by atoms with Gasteiger partial charge < -0.3 is 26.0 Å². The quantitative estimate of drug-likeness (QED) is 0.544. The average Bonchev–Trinajstić information content (AvgIpc) is 2.71. The molecule has 4 N–H and O–H groups in total. The standard InChI is InChI=1S/C21H22Cl2N4O4/c1-31-20(29)15(9-25-21(24)30)26-19(28)17-14(22)7-8-16(18(17)23)27-10-13(11-27)12-5-3-2-4-6-12/h2-8,13,15H,9-11H2,1H3,(H,26,28)(H3,24,25,30)/t15-/m0/s1. The zero-order chi connectivity index (χ0) is 22.5. The highest BCUT2D eigenvalue weighted by molar-refractivity contribution is 6.41. The summed E-state index contributed by atoms with van der Waals surface area (Å²) < 4.78 is 4.66. The van der Waals surface area contributed by atoms with Gasteiger partial charge in [0, 0.05) is 19.0 Å². The first-order chi connectivity index (χ1) is 14.8. The second kappa shape index (κ2) is 9.89. The predicted molar refractivity (Wildman–Crippen MR) is 119 cm³/mol. The van der Waals surface area contributed by atoms with Gasteiger partial charge in [0.1, 0.15) is 6.04 Å². The van der Waals surface area contributed by atoms with Crippen molar-refractivity contribution in [2.75, 3.05) is 31.6 Å². The number of benzene rings is 2. The van der Waals surface area contributed by atoms with Crippen LogP contribution in [0.1, 0.15) is 21.8 Å². The molecule has 10 heteroatoms. The Morgan fingerprint density at radius 1 is 1.16 bits per heavy atom. The molecular weight excluding hydrogens is 443 g/mol. The van der Waals surface area contributed by atoms with Crippen LogP contribution in [0.4, 0.5) is 10.5 Å². The van der Waals surface area contributed by atoms with Crippen molar-refractivity contribution < 1.29 is 19.1 Å². The van der Waals surface area contributed by atoms with Crippen LogP contribution < -0.4 is 21.3 Å². The number of nitrogens with two attached hydrogens (primary N) is 1. The minimum Gasteiger partial charge on any atom is -0.467 e. The molecule has 31 heavy (non-hydrogen) atoms. The Hall–Kier alpha value is -2.97. The number of ether oxygens (including phenoxy) is 1. The largest absolute Gasteiger partial charge is 0.467 e. The fourth-order valence-electron chi connectivity index (χ4n) is 3.37. The Labute approximate surface area is 189 Å². The van der Waals surface area contributed by atoms with Gasteiger partial charge in [0.05, 0.1) is 35.0 Å². The third-order valence-corrected chi connectivity index (χ3v) is 5.76. The van der Waals surface area contributed by atoms with Gasteiger partial charge in [-0.1, -0.05) is 53.5 Å². The molecule has 3 amide bonds. The molecule has 164 valence electrons. The molecule has 0 aromatic heterocycles. The molecule has 1 heterocycles. The Morgan fingerprint density at radius 3 is 2.45 bits per heavy atom. The molecule has 2 aromatic rings. The number of halogens is 2. The summed E-state index contributed by atoms with van der Waals surface area (Å²) in [5, 5.41) is 5.07. The number of esters is 1. The van der Waals surface area contributed by atoms with Gasteiger partial charge in [0.2, 0.25) is 0 Å². The number of nitrogens with one attached hydrogen (secondary N) is 2. The molecule has 0 aliphatic carbocycles. The molecule has 1 aliphatic heterocycles. The lowest BCUT2D eigenvalue weighted by atomic mass is 9.91. The van der Waals surface area contributed by atoms with E-state index in [9.17, 15) is 14.4 Å². The number of carbonyl (C=O) groups excluding carboxylic acids is 3. The molecule has 0 bridgehead atoms. The number of anilines is 1. The van der Waals surface area contributed by atoms with Crippen LogP contribution in [0.3, 0.4) is 0 Å². The number of rotatable bonds is 7. The lowest BCUT2D eigenvalue weighted by molar-refractivity contribution is -0.142. The summed E-state index contributed by atoms with van der Waals surface area (Å²) in [6, 6.07) is 11.5. The molecule has 2 aromatic carbocycles. The maximum absolute atomic E-state index is 12.9. The van der Waals surface area contributed by atoms with Gasteiger partial charge in [-0.05, 0) is 17.7 Å². The van der Waals surface area contributed by atoms with Crippen molar-refractivity contribution in [3.63, 3.8) is 0 Å². The number of hydrogen-bond acceptors (Lipinski definition) is 5. The van der Waals surface area contributed by atoms with Crippen molar-refractivity contribution in [1.29, 1.82) is 0 Å². The van der Waals surface area contributed by atoms with E-state index in [-0.39, 0.29) is 22.2 Å². The van der Waals surface area contributed by atoms with Gasteiger partial charge in [0.15, 0.2) is 0 Å². The van der Waals surface area contributed by atoms with Crippen LogP contribution >= 0.6 is 23.2 Å². The van der Waals surface area contributed by atoms with Gasteiger partial charge in [-0.3, -0.25) is 4.79 Å². The molecular formula is C21H22Cl2N4O4. The van der Waals surface area contributed by atoms with Gasteiger partial charge >= 0.3 is 12.0 Å². The number of methoxy groups -OCH3 is 1. The maximum atomic E-state index is 12.9. The SMILES string of the molecule is COC(=O)[C@H](CNC(N)=O)NC(=O)c1c(Cl)ccc(N2CC(c3ccccc3)C2)c1Cl. The molecule has 1 fully saturated rings. The zero-order valence-electron chi connectivity index (χ0n) is 16.7. The Balaban J connectivity index is 1.76. The van der Waals surface area contributed by atoms with Gasteiger partial charge in [-0.25, -0.2) is 9.59 Å². The van der Waals surface area contributed by atoms with Crippen molar-refractivity contribution in [2.24, 2.45) is 5.73 Å². The normalized spacial score (nSPS) is 14.4. The van der Waals surface area contributed by atoms with E-state index >= 15 is 0 Å². The second-order valence-electron chi connectivity index (χ2n) is 7.06. The van der Waals surface area contributed by atoms with E-state index in [4.69, 9.17) is 28.9 Å². The van der Waals surface area contributed by atoms with Crippen LogP contribution in [0, 0.1) is 0 Å². The smallest absolute Gasteiger partial charge is 0.330 e. The topological polar surface area (TPSA) is 114 Å². The lowest BCUT2D eigenvalue weighted by Gasteiger charge is -2.42. The minimum atomic E-state index is -1.16. The van der Waals surface area contributed by atoms with Crippen LogP contribution in [0.25, 0.3) is 0 Å². The molecule has 8 nitrogen and oxygen atoms in total. The summed E-state index contributed by atoms with van der Waals surface area (Å²) in [5.74, 6) is -1.05. The van der Waals surface area contributed by atoms with Gasteiger partial charge in [-0.2, -0.15) is 0 Å². The molecule has 1 atom stereocenters. The Bertz CT molecular complexity index is 981. The summed E-state index contributed by atoms with van der Waals surface area (Å²) >= 11 is 12.8.